The summed E-state index contributed by atoms with van der Waals surface area (Å²) in [6.45, 7) is 10.5. The largest absolute Gasteiger partial charge is 0.353 e. The molecule has 1 amide bonds. The molecule has 0 unspecified atom stereocenters. The third-order valence-corrected chi connectivity index (χ3v) is 6.64. The predicted molar refractivity (Wildman–Crippen MR) is 112 cm³/mol. The number of hydrogen-bond acceptors (Lipinski definition) is 5. The third kappa shape index (κ3) is 5.33. The summed E-state index contributed by atoms with van der Waals surface area (Å²) in [7, 11) is 0. The van der Waals surface area contributed by atoms with E-state index >= 15 is 0 Å². The minimum atomic E-state index is -0.0580. The van der Waals surface area contributed by atoms with Crippen LogP contribution in [0.2, 0.25) is 0 Å². The van der Waals surface area contributed by atoms with Gasteiger partial charge in [0.25, 0.3) is 5.56 Å². The van der Waals surface area contributed by atoms with Gasteiger partial charge in [0, 0.05) is 10.9 Å². The second kappa shape index (κ2) is 9.55. The van der Waals surface area contributed by atoms with Gasteiger partial charge in [-0.15, -0.1) is 23.1 Å². The van der Waals surface area contributed by atoms with Crippen molar-refractivity contribution in [1.29, 1.82) is 0 Å². The van der Waals surface area contributed by atoms with Crippen molar-refractivity contribution in [2.24, 2.45) is 5.92 Å². The normalized spacial score (nSPS) is 13.7. The zero-order valence-electron chi connectivity index (χ0n) is 16.3. The number of aromatic amines is 1. The number of rotatable bonds is 9. The first-order valence-corrected chi connectivity index (χ1v) is 11.2. The smallest absolute Gasteiger partial charge is 0.259 e. The number of thiophene rings is 1. The molecule has 2 atom stereocenters. The number of nitrogens with one attached hydrogen (secondary N) is 2. The fourth-order valence-electron chi connectivity index (χ4n) is 2.69. The molecule has 0 aliphatic rings. The van der Waals surface area contributed by atoms with Crippen molar-refractivity contribution >= 4 is 39.2 Å². The van der Waals surface area contributed by atoms with E-state index in [0.717, 1.165) is 35.0 Å². The van der Waals surface area contributed by atoms with E-state index in [1.54, 1.807) is 11.3 Å². The average molecular weight is 396 g/mol. The lowest BCUT2D eigenvalue weighted by atomic mass is 9.98. The van der Waals surface area contributed by atoms with Gasteiger partial charge in [-0.25, -0.2) is 4.98 Å². The maximum atomic E-state index is 12.6. The van der Waals surface area contributed by atoms with E-state index in [-0.39, 0.29) is 17.5 Å². The van der Waals surface area contributed by atoms with Gasteiger partial charge in [-0.2, -0.15) is 0 Å². The standard InChI is InChI=1S/C19H29N3O2S2/c1-6-11(3)8-14-13(5)26-19-17(14)18(24)21-15(22-19)9-25-10-16(23)20-12(4)7-2/h11-12H,6-10H2,1-5H3,(H,20,23)(H,21,22,24)/t11-,12-/m1/s1. The van der Waals surface area contributed by atoms with Crippen molar-refractivity contribution in [2.45, 2.75) is 65.7 Å². The van der Waals surface area contributed by atoms with Crippen molar-refractivity contribution in [3.8, 4) is 0 Å². The van der Waals surface area contributed by atoms with Gasteiger partial charge in [0.05, 0.1) is 16.9 Å². The third-order valence-electron chi connectivity index (χ3n) is 4.65. The van der Waals surface area contributed by atoms with Crippen LogP contribution in [0.5, 0.6) is 0 Å². The Balaban J connectivity index is 2.09. The van der Waals surface area contributed by atoms with Crippen LogP contribution in [0.3, 0.4) is 0 Å². The lowest BCUT2D eigenvalue weighted by Crippen LogP contribution is -2.33. The summed E-state index contributed by atoms with van der Waals surface area (Å²) in [6, 6.07) is 0.190. The minimum absolute atomic E-state index is 0.0237. The lowest BCUT2D eigenvalue weighted by Gasteiger charge is -2.10. The number of nitrogens with zero attached hydrogens (tertiary/aromatic N) is 1. The topological polar surface area (TPSA) is 74.8 Å². The van der Waals surface area contributed by atoms with Crippen LogP contribution in [0, 0.1) is 12.8 Å². The molecule has 0 saturated heterocycles. The molecule has 2 heterocycles. The van der Waals surface area contributed by atoms with Crippen LogP contribution in [0.15, 0.2) is 4.79 Å². The van der Waals surface area contributed by atoms with Crippen molar-refractivity contribution in [1.82, 2.24) is 15.3 Å². The summed E-state index contributed by atoms with van der Waals surface area (Å²) < 4.78 is 0. The van der Waals surface area contributed by atoms with E-state index in [2.05, 4.69) is 36.1 Å². The van der Waals surface area contributed by atoms with Gasteiger partial charge >= 0.3 is 0 Å². The van der Waals surface area contributed by atoms with E-state index in [9.17, 15) is 9.59 Å². The highest BCUT2D eigenvalue weighted by Crippen LogP contribution is 2.29. The molecule has 0 radical (unpaired) electrons. The number of amides is 1. The molecule has 0 saturated carbocycles. The number of thioether (sulfide) groups is 1. The van der Waals surface area contributed by atoms with Crippen LogP contribution >= 0.6 is 23.1 Å². The van der Waals surface area contributed by atoms with Crippen LogP contribution < -0.4 is 10.9 Å². The minimum Gasteiger partial charge on any atom is -0.353 e. The monoisotopic (exact) mass is 395 g/mol. The van der Waals surface area contributed by atoms with Crippen LogP contribution in [0.1, 0.15) is 56.8 Å². The molecule has 0 aliphatic heterocycles. The highest BCUT2D eigenvalue weighted by atomic mass is 32.2. The van der Waals surface area contributed by atoms with Gasteiger partial charge in [0.2, 0.25) is 5.91 Å². The van der Waals surface area contributed by atoms with E-state index in [1.807, 2.05) is 13.8 Å². The molecule has 0 spiro atoms. The lowest BCUT2D eigenvalue weighted by molar-refractivity contribution is -0.119. The maximum absolute atomic E-state index is 12.6. The fourth-order valence-corrected chi connectivity index (χ4v) is 4.46. The number of hydrogen-bond donors (Lipinski definition) is 2. The first-order chi connectivity index (χ1) is 12.3. The number of fused-ring (bicyclic) bond motifs is 1. The zero-order valence-corrected chi connectivity index (χ0v) is 17.9. The van der Waals surface area contributed by atoms with Gasteiger partial charge in [-0.3, -0.25) is 9.59 Å². The van der Waals surface area contributed by atoms with E-state index in [1.165, 1.54) is 16.6 Å². The highest BCUT2D eigenvalue weighted by Gasteiger charge is 2.17. The zero-order chi connectivity index (χ0) is 19.3. The second-order valence-electron chi connectivity index (χ2n) is 6.92. The Hall–Kier alpha value is -1.34. The van der Waals surface area contributed by atoms with E-state index in [4.69, 9.17) is 0 Å². The van der Waals surface area contributed by atoms with Crippen LogP contribution in [0.25, 0.3) is 10.2 Å². The molecule has 2 N–H and O–H groups in total. The van der Waals surface area contributed by atoms with Gasteiger partial charge in [-0.1, -0.05) is 27.2 Å². The maximum Gasteiger partial charge on any atom is 0.259 e. The average Bonchev–Trinajstić information content (AvgIpc) is 2.90. The molecular weight excluding hydrogens is 366 g/mol. The Morgan fingerprint density at radius 2 is 2.04 bits per heavy atom. The molecule has 0 fully saturated rings. The number of carbonyl (C=O) groups is 1. The summed E-state index contributed by atoms with van der Waals surface area (Å²) in [6.07, 6.45) is 2.92. The Morgan fingerprint density at radius 3 is 2.69 bits per heavy atom. The molecule has 2 rings (SSSR count). The van der Waals surface area contributed by atoms with Gasteiger partial charge < -0.3 is 10.3 Å². The highest BCUT2D eigenvalue weighted by molar-refractivity contribution is 7.99. The summed E-state index contributed by atoms with van der Waals surface area (Å²) >= 11 is 3.06. The summed E-state index contributed by atoms with van der Waals surface area (Å²) in [5, 5.41) is 3.69. The number of aromatic nitrogens is 2. The number of aryl methyl sites for hydroxylation is 1. The molecule has 2 aromatic heterocycles. The Labute approximate surface area is 163 Å². The Morgan fingerprint density at radius 1 is 1.31 bits per heavy atom. The van der Waals surface area contributed by atoms with E-state index < -0.39 is 0 Å². The molecule has 0 aromatic carbocycles. The molecule has 2 aromatic rings. The number of carbonyl (C=O) groups excluding carboxylic acids is 1. The Kier molecular flexibility index (Phi) is 7.70. The van der Waals surface area contributed by atoms with Gasteiger partial charge in [0.1, 0.15) is 10.7 Å². The van der Waals surface area contributed by atoms with Crippen LogP contribution in [-0.2, 0) is 17.0 Å². The van der Waals surface area contributed by atoms with Crippen LogP contribution in [-0.4, -0.2) is 27.7 Å². The van der Waals surface area contributed by atoms with Crippen molar-refractivity contribution in [3.63, 3.8) is 0 Å². The molecule has 26 heavy (non-hydrogen) atoms. The summed E-state index contributed by atoms with van der Waals surface area (Å²) in [4.78, 5) is 34.0. The van der Waals surface area contributed by atoms with E-state index in [0.29, 0.717) is 23.2 Å². The molecule has 7 heteroatoms. The Bertz CT molecular complexity index is 813. The molecular formula is C19H29N3O2S2. The first-order valence-electron chi connectivity index (χ1n) is 9.23. The van der Waals surface area contributed by atoms with Gasteiger partial charge in [0.15, 0.2) is 0 Å². The molecule has 0 aliphatic carbocycles. The van der Waals surface area contributed by atoms with Crippen molar-refractivity contribution < 1.29 is 4.79 Å². The first kappa shape index (κ1) is 21.0. The SMILES string of the molecule is CC[C@@H](C)Cc1c(C)sc2nc(CSCC(=O)N[C@H](C)CC)[nH]c(=O)c12. The number of H-pyrrole nitrogens is 1. The second-order valence-corrected chi connectivity index (χ2v) is 9.11. The van der Waals surface area contributed by atoms with Crippen LogP contribution in [0.4, 0.5) is 0 Å². The van der Waals surface area contributed by atoms with Gasteiger partial charge in [-0.05, 0) is 38.2 Å². The van der Waals surface area contributed by atoms with Crippen molar-refractivity contribution in [2.75, 3.05) is 5.75 Å². The summed E-state index contributed by atoms with van der Waals surface area (Å²) in [5.74, 6) is 2.10. The fraction of sp³-hybridized carbons (Fsp3) is 0.632. The summed E-state index contributed by atoms with van der Waals surface area (Å²) in [5.41, 5.74) is 1.08. The molecule has 5 nitrogen and oxygen atoms in total. The molecule has 144 valence electrons. The van der Waals surface area contributed by atoms with Crippen molar-refractivity contribution in [3.05, 3.63) is 26.6 Å². The quantitative estimate of drug-likeness (QED) is 0.672. The predicted octanol–water partition coefficient (Wildman–Crippen LogP) is 4.03. The molecule has 0 bridgehead atoms.